The molecular formula is C10H14ClN. The zero-order valence-corrected chi connectivity index (χ0v) is 8.44. The molecule has 0 radical (unpaired) electrons. The van der Waals surface area contributed by atoms with Gasteiger partial charge in [0.15, 0.2) is 0 Å². The minimum absolute atomic E-state index is 0.0103. The molecule has 1 unspecified atom stereocenters. The maximum atomic E-state index is 6.08. The molecule has 0 aliphatic heterocycles. The van der Waals surface area contributed by atoms with Crippen molar-refractivity contribution in [3.8, 4) is 0 Å². The number of nitrogens with two attached hydrogens (primary N) is 1. The summed E-state index contributed by atoms with van der Waals surface area (Å²) in [4.78, 5) is 0. The Bertz CT molecular complexity index is 292. The van der Waals surface area contributed by atoms with Gasteiger partial charge in [0.25, 0.3) is 0 Å². The highest BCUT2D eigenvalue weighted by atomic mass is 35.5. The van der Waals surface area contributed by atoms with Gasteiger partial charge in [0.05, 0.1) is 0 Å². The van der Waals surface area contributed by atoms with Crippen molar-refractivity contribution < 1.29 is 0 Å². The molecule has 0 amide bonds. The molecule has 0 aliphatic carbocycles. The van der Waals surface area contributed by atoms with Crippen molar-refractivity contribution in [1.82, 2.24) is 0 Å². The van der Waals surface area contributed by atoms with Gasteiger partial charge in [0.1, 0.15) is 0 Å². The normalized spacial score (nSPS) is 13.1. The Morgan fingerprint density at radius 3 is 2.42 bits per heavy atom. The van der Waals surface area contributed by atoms with Crippen molar-refractivity contribution in [2.24, 2.45) is 5.73 Å². The third-order valence-corrected chi connectivity index (χ3v) is 2.43. The van der Waals surface area contributed by atoms with E-state index in [1.165, 1.54) is 5.56 Å². The molecular weight excluding hydrogens is 170 g/mol. The SMILES string of the molecule is Cc1cc(C)c(Cl)c(C(C)N)c1. The van der Waals surface area contributed by atoms with Crippen LogP contribution >= 0.6 is 11.6 Å². The van der Waals surface area contributed by atoms with Crippen LogP contribution in [0.15, 0.2) is 12.1 Å². The molecule has 0 saturated heterocycles. The van der Waals surface area contributed by atoms with E-state index in [0.717, 1.165) is 16.1 Å². The van der Waals surface area contributed by atoms with Gasteiger partial charge in [-0.2, -0.15) is 0 Å². The van der Waals surface area contributed by atoms with E-state index in [2.05, 4.69) is 13.0 Å². The van der Waals surface area contributed by atoms with E-state index in [0.29, 0.717) is 0 Å². The Labute approximate surface area is 78.5 Å². The fourth-order valence-corrected chi connectivity index (χ4v) is 1.60. The number of aryl methyl sites for hydroxylation is 2. The number of benzene rings is 1. The van der Waals surface area contributed by atoms with Crippen LogP contribution in [0.1, 0.15) is 29.7 Å². The fourth-order valence-electron chi connectivity index (χ4n) is 1.31. The first-order valence-corrected chi connectivity index (χ1v) is 4.42. The third-order valence-electron chi connectivity index (χ3n) is 1.92. The molecule has 0 spiro atoms. The Morgan fingerprint density at radius 1 is 1.33 bits per heavy atom. The molecule has 2 N–H and O–H groups in total. The van der Waals surface area contributed by atoms with Crippen LogP contribution in [0.5, 0.6) is 0 Å². The van der Waals surface area contributed by atoms with Crippen molar-refractivity contribution in [3.05, 3.63) is 33.8 Å². The van der Waals surface area contributed by atoms with E-state index in [1.54, 1.807) is 0 Å². The van der Waals surface area contributed by atoms with Crippen LogP contribution in [0, 0.1) is 13.8 Å². The molecule has 0 aliphatic rings. The van der Waals surface area contributed by atoms with Crippen molar-refractivity contribution in [1.29, 1.82) is 0 Å². The quantitative estimate of drug-likeness (QED) is 0.712. The Balaban J connectivity index is 3.28. The van der Waals surface area contributed by atoms with Gasteiger partial charge in [-0.1, -0.05) is 29.3 Å². The molecule has 2 heteroatoms. The summed E-state index contributed by atoms with van der Waals surface area (Å²) in [5, 5.41) is 0.801. The first-order chi connectivity index (χ1) is 5.52. The van der Waals surface area contributed by atoms with Gasteiger partial charge < -0.3 is 5.73 Å². The largest absolute Gasteiger partial charge is 0.324 e. The van der Waals surface area contributed by atoms with Gasteiger partial charge in [-0.05, 0) is 31.9 Å². The molecule has 0 bridgehead atoms. The molecule has 66 valence electrons. The summed E-state index contributed by atoms with van der Waals surface area (Å²) in [5.74, 6) is 0. The Hall–Kier alpha value is -0.530. The number of hydrogen-bond acceptors (Lipinski definition) is 1. The van der Waals surface area contributed by atoms with Crippen molar-refractivity contribution in [2.75, 3.05) is 0 Å². The van der Waals surface area contributed by atoms with E-state index in [4.69, 9.17) is 17.3 Å². The molecule has 12 heavy (non-hydrogen) atoms. The topological polar surface area (TPSA) is 26.0 Å². The van der Waals surface area contributed by atoms with Crippen LogP contribution in [-0.4, -0.2) is 0 Å². The second-order valence-electron chi connectivity index (χ2n) is 3.27. The van der Waals surface area contributed by atoms with Gasteiger partial charge in [-0.15, -0.1) is 0 Å². The standard InChI is InChI=1S/C10H14ClN/c1-6-4-7(2)10(11)9(5-6)8(3)12/h4-5,8H,12H2,1-3H3. The summed E-state index contributed by atoms with van der Waals surface area (Å²) in [6.45, 7) is 6.00. The smallest absolute Gasteiger partial charge is 0.0482 e. The summed E-state index contributed by atoms with van der Waals surface area (Å²) in [6, 6.07) is 4.12. The van der Waals surface area contributed by atoms with Gasteiger partial charge in [0.2, 0.25) is 0 Å². The van der Waals surface area contributed by atoms with E-state index in [-0.39, 0.29) is 6.04 Å². The second kappa shape index (κ2) is 3.46. The van der Waals surface area contributed by atoms with Crippen molar-refractivity contribution in [2.45, 2.75) is 26.8 Å². The zero-order chi connectivity index (χ0) is 9.30. The lowest BCUT2D eigenvalue weighted by Gasteiger charge is -2.11. The lowest BCUT2D eigenvalue weighted by atomic mass is 10.0. The maximum Gasteiger partial charge on any atom is 0.0482 e. The van der Waals surface area contributed by atoms with E-state index in [9.17, 15) is 0 Å². The van der Waals surface area contributed by atoms with Gasteiger partial charge >= 0.3 is 0 Å². The minimum atomic E-state index is 0.0103. The zero-order valence-electron chi connectivity index (χ0n) is 7.69. The third kappa shape index (κ3) is 1.79. The summed E-state index contributed by atoms with van der Waals surface area (Å²) < 4.78 is 0. The van der Waals surface area contributed by atoms with Crippen LogP contribution in [0.25, 0.3) is 0 Å². The molecule has 0 aromatic heterocycles. The van der Waals surface area contributed by atoms with Crippen LogP contribution < -0.4 is 5.73 Å². The molecule has 1 nitrogen and oxygen atoms in total. The van der Waals surface area contributed by atoms with Crippen LogP contribution in [0.4, 0.5) is 0 Å². The number of rotatable bonds is 1. The molecule has 1 aromatic rings. The van der Waals surface area contributed by atoms with Gasteiger partial charge in [-0.3, -0.25) is 0 Å². The highest BCUT2D eigenvalue weighted by Crippen LogP contribution is 2.26. The van der Waals surface area contributed by atoms with Crippen LogP contribution in [-0.2, 0) is 0 Å². The maximum absolute atomic E-state index is 6.08. The lowest BCUT2D eigenvalue weighted by molar-refractivity contribution is 0.815. The first kappa shape index (κ1) is 9.56. The molecule has 1 rings (SSSR count). The monoisotopic (exact) mass is 183 g/mol. The molecule has 0 heterocycles. The average molecular weight is 184 g/mol. The Kier molecular flexibility index (Phi) is 2.76. The average Bonchev–Trinajstić information content (AvgIpc) is 1.96. The predicted molar refractivity (Wildman–Crippen MR) is 53.5 cm³/mol. The van der Waals surface area contributed by atoms with Gasteiger partial charge in [-0.25, -0.2) is 0 Å². The second-order valence-corrected chi connectivity index (χ2v) is 3.65. The summed E-state index contributed by atoms with van der Waals surface area (Å²) >= 11 is 6.08. The number of hydrogen-bond donors (Lipinski definition) is 1. The van der Waals surface area contributed by atoms with Crippen molar-refractivity contribution >= 4 is 11.6 Å². The highest BCUT2D eigenvalue weighted by molar-refractivity contribution is 6.32. The molecule has 1 atom stereocenters. The minimum Gasteiger partial charge on any atom is -0.324 e. The predicted octanol–water partition coefficient (Wildman–Crippen LogP) is 2.98. The summed E-state index contributed by atoms with van der Waals surface area (Å²) in [6.07, 6.45) is 0. The van der Waals surface area contributed by atoms with E-state index >= 15 is 0 Å². The Morgan fingerprint density at radius 2 is 1.92 bits per heavy atom. The molecule has 1 aromatic carbocycles. The summed E-state index contributed by atoms with van der Waals surface area (Å²) in [5.41, 5.74) is 9.12. The van der Waals surface area contributed by atoms with Gasteiger partial charge in [0, 0.05) is 11.1 Å². The molecule has 0 saturated carbocycles. The summed E-state index contributed by atoms with van der Waals surface area (Å²) in [7, 11) is 0. The molecule has 0 fully saturated rings. The van der Waals surface area contributed by atoms with Crippen LogP contribution in [0.3, 0.4) is 0 Å². The van der Waals surface area contributed by atoms with E-state index < -0.39 is 0 Å². The highest BCUT2D eigenvalue weighted by Gasteiger charge is 2.07. The fraction of sp³-hybridized carbons (Fsp3) is 0.400. The van der Waals surface area contributed by atoms with E-state index in [1.807, 2.05) is 19.9 Å². The van der Waals surface area contributed by atoms with Crippen molar-refractivity contribution in [3.63, 3.8) is 0 Å². The van der Waals surface area contributed by atoms with Crippen LogP contribution in [0.2, 0.25) is 5.02 Å². The number of halogens is 1. The lowest BCUT2D eigenvalue weighted by Crippen LogP contribution is -2.06. The first-order valence-electron chi connectivity index (χ1n) is 4.04.